The summed E-state index contributed by atoms with van der Waals surface area (Å²) in [5.74, 6) is 0.501. The molecule has 1 aromatic heterocycles. The van der Waals surface area contributed by atoms with Gasteiger partial charge in [-0.1, -0.05) is 18.5 Å². The highest BCUT2D eigenvalue weighted by atomic mass is 35.5. The van der Waals surface area contributed by atoms with Gasteiger partial charge >= 0.3 is 0 Å². The predicted octanol–water partition coefficient (Wildman–Crippen LogP) is 2.01. The molecule has 118 valence electrons. The molecule has 1 aliphatic rings. The van der Waals surface area contributed by atoms with E-state index in [0.717, 1.165) is 13.0 Å². The molecule has 0 aromatic carbocycles. The lowest BCUT2D eigenvalue weighted by Gasteiger charge is -2.34. The Hall–Kier alpha value is -0.890. The topological polar surface area (TPSA) is 80.3 Å². The molecular weight excluding hydrogens is 314 g/mol. The normalized spacial score (nSPS) is 21.9. The molecular formula is C13H20ClN3O3S. The first kappa shape index (κ1) is 16.5. The first-order valence-electron chi connectivity index (χ1n) is 6.90. The molecule has 1 aromatic rings. The van der Waals surface area contributed by atoms with Crippen LogP contribution in [0.4, 0.5) is 5.82 Å². The predicted molar refractivity (Wildman–Crippen MR) is 82.2 cm³/mol. The van der Waals surface area contributed by atoms with Gasteiger partial charge in [-0.3, -0.25) is 0 Å². The standard InChI is InChI=1S/C13H20ClN3O3S/c1-3-4-15-13-12(14)7-11(8-16-13)21(18,19)17-9-5-10(6-9)20-2/h7-10,17H,3-6H2,1-2H3,(H,15,16). The Morgan fingerprint density at radius 1 is 1.48 bits per heavy atom. The highest BCUT2D eigenvalue weighted by molar-refractivity contribution is 7.89. The van der Waals surface area contributed by atoms with Crippen molar-refractivity contribution in [3.05, 3.63) is 17.3 Å². The molecule has 1 aliphatic carbocycles. The van der Waals surface area contributed by atoms with E-state index in [1.807, 2.05) is 6.92 Å². The maximum atomic E-state index is 12.2. The van der Waals surface area contributed by atoms with Gasteiger partial charge in [0.25, 0.3) is 0 Å². The summed E-state index contributed by atoms with van der Waals surface area (Å²) in [6, 6.07) is 1.33. The lowest BCUT2D eigenvalue weighted by molar-refractivity contribution is 0.0236. The quantitative estimate of drug-likeness (QED) is 0.798. The minimum atomic E-state index is -3.59. The number of ether oxygens (including phenoxy) is 1. The Morgan fingerprint density at radius 3 is 2.76 bits per heavy atom. The monoisotopic (exact) mass is 333 g/mol. The average Bonchev–Trinajstić information content (AvgIpc) is 2.41. The van der Waals surface area contributed by atoms with E-state index in [1.165, 1.54) is 12.3 Å². The van der Waals surface area contributed by atoms with E-state index in [-0.39, 0.29) is 17.0 Å². The molecule has 0 radical (unpaired) electrons. The summed E-state index contributed by atoms with van der Waals surface area (Å²) in [4.78, 5) is 4.16. The lowest BCUT2D eigenvalue weighted by atomic mass is 9.90. The third-order valence-electron chi connectivity index (χ3n) is 3.42. The molecule has 0 saturated heterocycles. The smallest absolute Gasteiger partial charge is 0.242 e. The Bertz CT molecular complexity index is 588. The zero-order chi connectivity index (χ0) is 15.5. The molecule has 2 N–H and O–H groups in total. The number of sulfonamides is 1. The summed E-state index contributed by atoms with van der Waals surface area (Å²) in [5.41, 5.74) is 0. The summed E-state index contributed by atoms with van der Waals surface area (Å²) >= 11 is 6.06. The number of rotatable bonds is 7. The largest absolute Gasteiger partial charge is 0.381 e. The summed E-state index contributed by atoms with van der Waals surface area (Å²) in [6.07, 6.45) is 3.76. The van der Waals surface area contributed by atoms with Crippen molar-refractivity contribution in [1.82, 2.24) is 9.71 Å². The molecule has 1 saturated carbocycles. The van der Waals surface area contributed by atoms with Crippen molar-refractivity contribution in [2.45, 2.75) is 43.2 Å². The van der Waals surface area contributed by atoms with Crippen LogP contribution in [0.3, 0.4) is 0 Å². The fourth-order valence-electron chi connectivity index (χ4n) is 2.08. The number of nitrogens with zero attached hydrogens (tertiary/aromatic N) is 1. The van der Waals surface area contributed by atoms with Crippen molar-refractivity contribution < 1.29 is 13.2 Å². The molecule has 0 atom stereocenters. The van der Waals surface area contributed by atoms with Crippen LogP contribution in [-0.4, -0.2) is 39.2 Å². The van der Waals surface area contributed by atoms with Crippen LogP contribution in [0.5, 0.6) is 0 Å². The lowest BCUT2D eigenvalue weighted by Crippen LogP contribution is -2.47. The maximum Gasteiger partial charge on any atom is 0.242 e. The van der Waals surface area contributed by atoms with E-state index in [1.54, 1.807) is 7.11 Å². The van der Waals surface area contributed by atoms with Crippen LogP contribution in [0.2, 0.25) is 5.02 Å². The zero-order valence-corrected chi connectivity index (χ0v) is 13.7. The first-order valence-corrected chi connectivity index (χ1v) is 8.77. The molecule has 6 nitrogen and oxygen atoms in total. The second-order valence-electron chi connectivity index (χ2n) is 5.08. The van der Waals surface area contributed by atoms with Gasteiger partial charge in [0, 0.05) is 25.9 Å². The van der Waals surface area contributed by atoms with Crippen molar-refractivity contribution in [3.8, 4) is 0 Å². The van der Waals surface area contributed by atoms with Crippen LogP contribution in [0.25, 0.3) is 0 Å². The maximum absolute atomic E-state index is 12.2. The Morgan fingerprint density at radius 2 is 2.19 bits per heavy atom. The van der Waals surface area contributed by atoms with Gasteiger partial charge in [-0.05, 0) is 25.3 Å². The molecule has 0 aliphatic heterocycles. The van der Waals surface area contributed by atoms with E-state index in [4.69, 9.17) is 16.3 Å². The number of pyridine rings is 1. The second kappa shape index (κ2) is 6.91. The van der Waals surface area contributed by atoms with Gasteiger partial charge in [0.1, 0.15) is 10.7 Å². The average molecular weight is 334 g/mol. The summed E-state index contributed by atoms with van der Waals surface area (Å²) in [5, 5.41) is 3.34. The van der Waals surface area contributed by atoms with Crippen LogP contribution < -0.4 is 10.0 Å². The highest BCUT2D eigenvalue weighted by Gasteiger charge is 2.32. The Balaban J connectivity index is 2.04. The molecule has 0 amide bonds. The first-order chi connectivity index (χ1) is 9.96. The van der Waals surface area contributed by atoms with Gasteiger partial charge in [0.2, 0.25) is 10.0 Å². The van der Waals surface area contributed by atoms with Crippen molar-refractivity contribution in [2.24, 2.45) is 0 Å². The third-order valence-corrected chi connectivity index (χ3v) is 5.19. The number of halogens is 1. The third kappa shape index (κ3) is 4.06. The minimum absolute atomic E-state index is 0.0791. The van der Waals surface area contributed by atoms with Crippen LogP contribution >= 0.6 is 11.6 Å². The van der Waals surface area contributed by atoms with Crippen molar-refractivity contribution >= 4 is 27.4 Å². The Kier molecular flexibility index (Phi) is 5.43. The van der Waals surface area contributed by atoms with E-state index in [0.29, 0.717) is 23.7 Å². The van der Waals surface area contributed by atoms with Crippen LogP contribution in [0.1, 0.15) is 26.2 Å². The molecule has 8 heteroatoms. The van der Waals surface area contributed by atoms with Gasteiger partial charge < -0.3 is 10.1 Å². The Labute approximate surface area is 130 Å². The number of nitrogens with one attached hydrogen (secondary N) is 2. The number of hydrogen-bond donors (Lipinski definition) is 2. The number of methoxy groups -OCH3 is 1. The number of hydrogen-bond acceptors (Lipinski definition) is 5. The molecule has 2 rings (SSSR count). The van der Waals surface area contributed by atoms with Gasteiger partial charge in [0.15, 0.2) is 0 Å². The molecule has 21 heavy (non-hydrogen) atoms. The van der Waals surface area contributed by atoms with Crippen molar-refractivity contribution in [2.75, 3.05) is 19.0 Å². The minimum Gasteiger partial charge on any atom is -0.381 e. The van der Waals surface area contributed by atoms with Crippen molar-refractivity contribution in [1.29, 1.82) is 0 Å². The zero-order valence-electron chi connectivity index (χ0n) is 12.1. The highest BCUT2D eigenvalue weighted by Crippen LogP contribution is 2.26. The van der Waals surface area contributed by atoms with Crippen LogP contribution in [0, 0.1) is 0 Å². The van der Waals surface area contributed by atoms with Crippen LogP contribution in [0.15, 0.2) is 17.2 Å². The van der Waals surface area contributed by atoms with E-state index in [9.17, 15) is 8.42 Å². The SMILES string of the molecule is CCCNc1ncc(S(=O)(=O)NC2CC(OC)C2)cc1Cl. The number of aromatic nitrogens is 1. The van der Waals surface area contributed by atoms with E-state index in [2.05, 4.69) is 15.0 Å². The van der Waals surface area contributed by atoms with Gasteiger partial charge in [-0.15, -0.1) is 0 Å². The van der Waals surface area contributed by atoms with E-state index < -0.39 is 10.0 Å². The summed E-state index contributed by atoms with van der Waals surface area (Å²) < 4.78 is 32.2. The fourth-order valence-corrected chi connectivity index (χ4v) is 3.61. The molecule has 0 bridgehead atoms. The molecule has 0 unspecified atom stereocenters. The van der Waals surface area contributed by atoms with Gasteiger partial charge in [-0.2, -0.15) is 0 Å². The summed E-state index contributed by atoms with van der Waals surface area (Å²) in [7, 11) is -1.97. The van der Waals surface area contributed by atoms with Gasteiger partial charge in [0.05, 0.1) is 11.1 Å². The van der Waals surface area contributed by atoms with E-state index >= 15 is 0 Å². The summed E-state index contributed by atoms with van der Waals surface area (Å²) in [6.45, 7) is 2.76. The second-order valence-corrected chi connectivity index (χ2v) is 7.20. The number of anilines is 1. The molecule has 0 spiro atoms. The fraction of sp³-hybridized carbons (Fsp3) is 0.615. The molecule has 1 heterocycles. The van der Waals surface area contributed by atoms with Gasteiger partial charge in [-0.25, -0.2) is 18.1 Å². The molecule has 1 fully saturated rings. The van der Waals surface area contributed by atoms with Crippen molar-refractivity contribution in [3.63, 3.8) is 0 Å². The van der Waals surface area contributed by atoms with Crippen LogP contribution in [-0.2, 0) is 14.8 Å².